The summed E-state index contributed by atoms with van der Waals surface area (Å²) in [5.74, 6) is 8.67. The monoisotopic (exact) mass is 416 g/mol. The number of nitrogens with zero attached hydrogens (tertiary/aromatic N) is 2. The van der Waals surface area contributed by atoms with Crippen molar-refractivity contribution in [2.75, 3.05) is 24.8 Å². The first-order valence-corrected chi connectivity index (χ1v) is 10.3. The Morgan fingerprint density at radius 2 is 1.71 bits per heavy atom. The van der Waals surface area contributed by atoms with Gasteiger partial charge in [-0.25, -0.2) is 9.37 Å². The number of hydrogen-bond acceptors (Lipinski definition) is 5. The molecule has 0 spiro atoms. The van der Waals surface area contributed by atoms with E-state index in [9.17, 15) is 4.39 Å². The van der Waals surface area contributed by atoms with Gasteiger partial charge in [-0.05, 0) is 42.5 Å². The van der Waals surface area contributed by atoms with E-state index in [1.807, 2.05) is 30.3 Å². The van der Waals surface area contributed by atoms with Crippen LogP contribution in [0.4, 0.5) is 10.2 Å². The van der Waals surface area contributed by atoms with Gasteiger partial charge >= 0.3 is 0 Å². The topological polar surface area (TPSA) is 43.8 Å². The van der Waals surface area contributed by atoms with Gasteiger partial charge in [0.05, 0.1) is 0 Å². The summed E-state index contributed by atoms with van der Waals surface area (Å²) in [5, 5.41) is 0. The third-order valence-electron chi connectivity index (χ3n) is 5.37. The van der Waals surface area contributed by atoms with Gasteiger partial charge in [-0.2, -0.15) is 0 Å². The molecule has 6 heteroatoms. The quantitative estimate of drug-likeness (QED) is 0.593. The molecule has 0 amide bonds. The van der Waals surface area contributed by atoms with E-state index in [1.165, 1.54) is 6.07 Å². The van der Waals surface area contributed by atoms with Crippen molar-refractivity contribution < 1.29 is 18.6 Å². The first-order chi connectivity index (χ1) is 15.2. The molecule has 0 aliphatic carbocycles. The molecule has 3 aromatic rings. The molecule has 0 bridgehead atoms. The minimum absolute atomic E-state index is 0.0139. The lowest BCUT2D eigenvalue weighted by Crippen LogP contribution is -2.38. The van der Waals surface area contributed by atoms with Gasteiger partial charge in [0.25, 0.3) is 0 Å². The third kappa shape index (κ3) is 4.41. The van der Waals surface area contributed by atoms with Crippen LogP contribution in [0, 0.1) is 17.7 Å². The Hall–Kier alpha value is -3.72. The molecule has 0 atom stereocenters. The Labute approximate surface area is 180 Å². The van der Waals surface area contributed by atoms with Gasteiger partial charge in [0, 0.05) is 43.3 Å². The van der Waals surface area contributed by atoms with E-state index in [-0.39, 0.29) is 18.7 Å². The number of rotatable bonds is 3. The summed E-state index contributed by atoms with van der Waals surface area (Å²) in [5.41, 5.74) is 1.71. The van der Waals surface area contributed by atoms with Crippen molar-refractivity contribution in [1.29, 1.82) is 0 Å². The second-order valence-corrected chi connectivity index (χ2v) is 7.46. The van der Waals surface area contributed by atoms with Gasteiger partial charge in [-0.15, -0.1) is 0 Å². The number of halogens is 1. The lowest BCUT2D eigenvalue weighted by molar-refractivity contribution is 0.163. The summed E-state index contributed by atoms with van der Waals surface area (Å²) in [7, 11) is 0. The van der Waals surface area contributed by atoms with Gasteiger partial charge in [0.15, 0.2) is 23.1 Å². The number of benzene rings is 2. The van der Waals surface area contributed by atoms with Gasteiger partial charge < -0.3 is 19.1 Å². The summed E-state index contributed by atoms with van der Waals surface area (Å²) in [6.45, 7) is 1.88. The minimum atomic E-state index is -0.316. The average Bonchev–Trinajstić information content (AvgIpc) is 3.28. The number of ether oxygens (including phenoxy) is 3. The van der Waals surface area contributed by atoms with Crippen molar-refractivity contribution in [3.8, 4) is 29.1 Å². The molecule has 2 aliphatic rings. The van der Waals surface area contributed by atoms with E-state index in [0.29, 0.717) is 5.75 Å². The second-order valence-electron chi connectivity index (χ2n) is 7.46. The van der Waals surface area contributed by atoms with Gasteiger partial charge in [0.1, 0.15) is 11.9 Å². The molecule has 0 N–H and O–H groups in total. The summed E-state index contributed by atoms with van der Waals surface area (Å²) >= 11 is 0. The molecule has 0 unspecified atom stereocenters. The Kier molecular flexibility index (Phi) is 5.32. The largest absolute Gasteiger partial charge is 0.487 e. The molecule has 0 saturated carbocycles. The maximum absolute atomic E-state index is 13.8. The maximum atomic E-state index is 13.8. The van der Waals surface area contributed by atoms with Gasteiger partial charge in [-0.3, -0.25) is 0 Å². The second kappa shape index (κ2) is 8.57. The van der Waals surface area contributed by atoms with Crippen molar-refractivity contribution in [2.45, 2.75) is 18.9 Å². The predicted molar refractivity (Wildman–Crippen MR) is 115 cm³/mol. The first-order valence-electron chi connectivity index (χ1n) is 10.3. The van der Waals surface area contributed by atoms with Crippen LogP contribution in [-0.2, 0) is 0 Å². The normalized spacial score (nSPS) is 15.3. The van der Waals surface area contributed by atoms with E-state index < -0.39 is 0 Å². The highest BCUT2D eigenvalue weighted by molar-refractivity contribution is 5.52. The molecule has 31 heavy (non-hydrogen) atoms. The maximum Gasteiger partial charge on any atom is 0.231 e. The van der Waals surface area contributed by atoms with Crippen LogP contribution in [0.2, 0.25) is 0 Å². The third-order valence-corrected chi connectivity index (χ3v) is 5.37. The van der Waals surface area contributed by atoms with Crippen molar-refractivity contribution in [3.63, 3.8) is 0 Å². The summed E-state index contributed by atoms with van der Waals surface area (Å²) in [6.07, 6.45) is 3.45. The van der Waals surface area contributed by atoms with E-state index in [4.69, 9.17) is 14.2 Å². The molecule has 2 aromatic carbocycles. The summed E-state index contributed by atoms with van der Waals surface area (Å²) in [4.78, 5) is 6.79. The van der Waals surface area contributed by atoms with E-state index in [1.54, 1.807) is 24.4 Å². The van der Waals surface area contributed by atoms with Gasteiger partial charge in [0.2, 0.25) is 6.79 Å². The first kappa shape index (κ1) is 19.3. The Morgan fingerprint density at radius 1 is 0.935 bits per heavy atom. The number of anilines is 1. The van der Waals surface area contributed by atoms with Crippen LogP contribution in [0.15, 0.2) is 60.8 Å². The van der Waals surface area contributed by atoms with Crippen LogP contribution in [0.25, 0.3) is 0 Å². The number of aromatic nitrogens is 1. The molecule has 1 saturated heterocycles. The zero-order valence-corrected chi connectivity index (χ0v) is 16.9. The summed E-state index contributed by atoms with van der Waals surface area (Å²) < 4.78 is 30.3. The molecule has 5 rings (SSSR count). The van der Waals surface area contributed by atoms with Crippen LogP contribution in [-0.4, -0.2) is 31.0 Å². The fraction of sp³-hybridized carbons (Fsp3) is 0.240. The number of hydrogen-bond donors (Lipinski definition) is 0. The predicted octanol–water partition coefficient (Wildman–Crippen LogP) is 4.40. The van der Waals surface area contributed by atoms with E-state index in [2.05, 4.69) is 21.7 Å². The average molecular weight is 416 g/mol. The van der Waals surface area contributed by atoms with Crippen molar-refractivity contribution in [1.82, 2.24) is 4.98 Å². The lowest BCUT2D eigenvalue weighted by Gasteiger charge is -2.33. The van der Waals surface area contributed by atoms with Crippen LogP contribution in [0.1, 0.15) is 24.0 Å². The number of para-hydroxylation sites is 1. The zero-order chi connectivity index (χ0) is 21.0. The number of piperidine rings is 1. The highest BCUT2D eigenvalue weighted by atomic mass is 19.1. The molecule has 2 aliphatic heterocycles. The molecule has 1 fully saturated rings. The summed E-state index contributed by atoms with van der Waals surface area (Å²) in [6, 6.07) is 16.2. The van der Waals surface area contributed by atoms with Gasteiger partial charge in [-0.1, -0.05) is 24.0 Å². The van der Waals surface area contributed by atoms with Crippen molar-refractivity contribution >= 4 is 5.82 Å². The SMILES string of the molecule is Fc1ccccc1OC1CCN(c2ccc(C#Cc3ccc4c(c3)OCO4)cn2)CC1. The van der Waals surface area contributed by atoms with Crippen molar-refractivity contribution in [3.05, 3.63) is 77.7 Å². The van der Waals surface area contributed by atoms with E-state index in [0.717, 1.165) is 54.4 Å². The molecular weight excluding hydrogens is 395 g/mol. The highest BCUT2D eigenvalue weighted by Crippen LogP contribution is 2.32. The van der Waals surface area contributed by atoms with Crippen LogP contribution >= 0.6 is 0 Å². The molecule has 3 heterocycles. The van der Waals surface area contributed by atoms with Crippen molar-refractivity contribution in [2.24, 2.45) is 0 Å². The standard InChI is InChI=1S/C25H21FN2O3/c26-21-3-1-2-4-22(21)31-20-11-13-28(14-12-20)25-10-8-19(16-27-25)6-5-18-7-9-23-24(15-18)30-17-29-23/h1-4,7-10,15-16,20H,11-14,17H2. The molecule has 156 valence electrons. The Balaban J connectivity index is 1.18. The van der Waals surface area contributed by atoms with Crippen LogP contribution in [0.3, 0.4) is 0 Å². The van der Waals surface area contributed by atoms with Crippen LogP contribution < -0.4 is 19.1 Å². The van der Waals surface area contributed by atoms with Crippen LogP contribution in [0.5, 0.6) is 17.2 Å². The molecule has 1 aromatic heterocycles. The fourth-order valence-corrected chi connectivity index (χ4v) is 3.69. The molecule has 5 nitrogen and oxygen atoms in total. The number of fused-ring (bicyclic) bond motifs is 1. The fourth-order valence-electron chi connectivity index (χ4n) is 3.69. The zero-order valence-electron chi connectivity index (χ0n) is 16.9. The lowest BCUT2D eigenvalue weighted by atomic mass is 10.1. The Bertz CT molecular complexity index is 1130. The highest BCUT2D eigenvalue weighted by Gasteiger charge is 2.22. The smallest absolute Gasteiger partial charge is 0.231 e. The number of pyridine rings is 1. The van der Waals surface area contributed by atoms with E-state index >= 15 is 0 Å². The Morgan fingerprint density at radius 3 is 2.52 bits per heavy atom. The molecule has 0 radical (unpaired) electrons. The minimum Gasteiger partial charge on any atom is -0.487 e. The molecular formula is C25H21FN2O3.